The predicted octanol–water partition coefficient (Wildman–Crippen LogP) is 3.92. The van der Waals surface area contributed by atoms with E-state index in [0.717, 1.165) is 4.90 Å². The van der Waals surface area contributed by atoms with Crippen molar-refractivity contribution in [1.29, 1.82) is 0 Å². The first-order valence-electron chi connectivity index (χ1n) is 5.05. The fourth-order valence-corrected chi connectivity index (χ4v) is 1.83. The van der Waals surface area contributed by atoms with Gasteiger partial charge in [-0.15, -0.1) is 11.8 Å². The average Bonchev–Trinajstić information content (AvgIpc) is 2.28. The van der Waals surface area contributed by atoms with E-state index in [1.807, 2.05) is 30.5 Å². The zero-order valence-electron chi connectivity index (χ0n) is 9.31. The fourth-order valence-electron chi connectivity index (χ4n) is 1.42. The Bertz CT molecular complexity index is 493. The molecule has 0 bridgehead atoms. The topological polar surface area (TPSA) is 35.2 Å². The zero-order valence-corrected chi connectivity index (χ0v) is 10.1. The van der Waals surface area contributed by atoms with Crippen LogP contribution >= 0.6 is 11.8 Å². The molecule has 0 radical (unpaired) electrons. The first-order chi connectivity index (χ1) is 8.17. The van der Waals surface area contributed by atoms with Gasteiger partial charge in [-0.3, -0.25) is 0 Å². The summed E-state index contributed by atoms with van der Waals surface area (Å²) in [4.78, 5) is 1.15. The molecule has 4 heteroatoms. The Kier molecular flexibility index (Phi) is 3.54. The summed E-state index contributed by atoms with van der Waals surface area (Å²) in [6.07, 6.45) is 2.00. The molecule has 2 rings (SSSR count). The number of rotatable bonds is 3. The van der Waals surface area contributed by atoms with Gasteiger partial charge in [-0.05, 0) is 36.6 Å². The van der Waals surface area contributed by atoms with Gasteiger partial charge >= 0.3 is 0 Å². The third-order valence-electron chi connectivity index (χ3n) is 2.19. The molecular formula is C13H12FNOS. The molecule has 0 amide bonds. The van der Waals surface area contributed by atoms with Gasteiger partial charge in [0.25, 0.3) is 0 Å². The van der Waals surface area contributed by atoms with Crippen LogP contribution in [-0.2, 0) is 0 Å². The van der Waals surface area contributed by atoms with E-state index in [-0.39, 0.29) is 0 Å². The van der Waals surface area contributed by atoms with E-state index >= 15 is 0 Å². The molecule has 0 aromatic heterocycles. The molecule has 0 spiro atoms. The molecule has 2 N–H and O–H groups in total. The van der Waals surface area contributed by atoms with Crippen molar-refractivity contribution < 1.29 is 9.13 Å². The van der Waals surface area contributed by atoms with Crippen LogP contribution < -0.4 is 10.5 Å². The van der Waals surface area contributed by atoms with Gasteiger partial charge in [0.05, 0.1) is 0 Å². The molecule has 0 heterocycles. The van der Waals surface area contributed by atoms with E-state index in [0.29, 0.717) is 17.2 Å². The van der Waals surface area contributed by atoms with Crippen molar-refractivity contribution >= 4 is 17.4 Å². The molecule has 0 saturated carbocycles. The molecule has 0 atom stereocenters. The van der Waals surface area contributed by atoms with Crippen molar-refractivity contribution in [2.75, 3.05) is 12.0 Å². The number of thioether (sulfide) groups is 1. The molecular weight excluding hydrogens is 237 g/mol. The van der Waals surface area contributed by atoms with Gasteiger partial charge in [0.15, 0.2) is 0 Å². The highest BCUT2D eigenvalue weighted by atomic mass is 32.2. The third-order valence-corrected chi connectivity index (χ3v) is 2.93. The predicted molar refractivity (Wildman–Crippen MR) is 69.1 cm³/mol. The van der Waals surface area contributed by atoms with E-state index in [4.69, 9.17) is 10.5 Å². The lowest BCUT2D eigenvalue weighted by atomic mass is 10.3. The second kappa shape index (κ2) is 5.10. The SMILES string of the molecule is CSc1ccc(Oc2cc(N)cc(F)c2)cc1. The molecule has 0 fully saturated rings. The van der Waals surface area contributed by atoms with Crippen LogP contribution in [0.1, 0.15) is 0 Å². The Balaban J connectivity index is 2.19. The number of nitrogen functional groups attached to an aromatic ring is 1. The molecule has 88 valence electrons. The van der Waals surface area contributed by atoms with Gasteiger partial charge in [-0.2, -0.15) is 0 Å². The summed E-state index contributed by atoms with van der Waals surface area (Å²) >= 11 is 1.65. The largest absolute Gasteiger partial charge is 0.457 e. The van der Waals surface area contributed by atoms with Crippen LogP contribution in [0.2, 0.25) is 0 Å². The minimum atomic E-state index is -0.402. The van der Waals surface area contributed by atoms with Crippen LogP contribution in [0.25, 0.3) is 0 Å². The van der Waals surface area contributed by atoms with Gasteiger partial charge in [-0.25, -0.2) is 4.39 Å². The number of benzene rings is 2. The number of halogens is 1. The average molecular weight is 249 g/mol. The normalized spacial score (nSPS) is 10.2. The quantitative estimate of drug-likeness (QED) is 0.661. The summed E-state index contributed by atoms with van der Waals surface area (Å²) in [5.41, 5.74) is 5.88. The van der Waals surface area contributed by atoms with Crippen LogP contribution in [0.15, 0.2) is 47.4 Å². The lowest BCUT2D eigenvalue weighted by Gasteiger charge is -2.07. The summed E-state index contributed by atoms with van der Waals surface area (Å²) < 4.78 is 18.6. The Morgan fingerprint density at radius 1 is 1.06 bits per heavy atom. The molecule has 17 heavy (non-hydrogen) atoms. The summed E-state index contributed by atoms with van der Waals surface area (Å²) in [7, 11) is 0. The van der Waals surface area contributed by atoms with Crippen LogP contribution in [0.3, 0.4) is 0 Å². The summed E-state index contributed by atoms with van der Waals surface area (Å²) in [6, 6.07) is 11.7. The number of hydrogen-bond acceptors (Lipinski definition) is 3. The lowest BCUT2D eigenvalue weighted by Crippen LogP contribution is -1.90. The van der Waals surface area contributed by atoms with Gasteiger partial charge in [0, 0.05) is 22.7 Å². The second-order valence-corrected chi connectivity index (χ2v) is 4.38. The van der Waals surface area contributed by atoms with Gasteiger partial charge in [0.1, 0.15) is 17.3 Å². The molecule has 0 aliphatic carbocycles. The summed E-state index contributed by atoms with van der Waals surface area (Å²) in [6.45, 7) is 0. The Labute approximate surface area is 104 Å². The molecule has 2 aromatic rings. The van der Waals surface area contributed by atoms with Crippen LogP contribution in [-0.4, -0.2) is 6.26 Å². The molecule has 0 unspecified atom stereocenters. The number of ether oxygens (including phenoxy) is 1. The lowest BCUT2D eigenvalue weighted by molar-refractivity contribution is 0.477. The molecule has 2 aromatic carbocycles. The van der Waals surface area contributed by atoms with Crippen LogP contribution in [0.5, 0.6) is 11.5 Å². The van der Waals surface area contributed by atoms with E-state index < -0.39 is 5.82 Å². The van der Waals surface area contributed by atoms with E-state index in [1.165, 1.54) is 12.1 Å². The molecule has 0 aliphatic heterocycles. The first kappa shape index (κ1) is 11.8. The second-order valence-electron chi connectivity index (χ2n) is 3.50. The van der Waals surface area contributed by atoms with Crippen molar-refractivity contribution in [2.24, 2.45) is 0 Å². The van der Waals surface area contributed by atoms with Crippen molar-refractivity contribution in [3.63, 3.8) is 0 Å². The smallest absolute Gasteiger partial charge is 0.132 e. The number of hydrogen-bond donors (Lipinski definition) is 1. The minimum absolute atomic E-state index is 0.348. The van der Waals surface area contributed by atoms with Crippen LogP contribution in [0.4, 0.5) is 10.1 Å². The first-order valence-corrected chi connectivity index (χ1v) is 6.28. The highest BCUT2D eigenvalue weighted by Crippen LogP contribution is 2.26. The molecule has 0 aliphatic rings. The fraction of sp³-hybridized carbons (Fsp3) is 0.0769. The number of nitrogens with two attached hydrogens (primary N) is 1. The third kappa shape index (κ3) is 3.14. The standard InChI is InChI=1S/C13H12FNOS/c1-17-13-4-2-11(3-5-13)16-12-7-9(14)6-10(15)8-12/h2-8H,15H2,1H3. The van der Waals surface area contributed by atoms with Gasteiger partial charge in [0.2, 0.25) is 0 Å². The number of anilines is 1. The maximum absolute atomic E-state index is 13.1. The summed E-state index contributed by atoms with van der Waals surface area (Å²) in [5.74, 6) is 0.660. The molecule has 2 nitrogen and oxygen atoms in total. The van der Waals surface area contributed by atoms with Crippen molar-refractivity contribution in [3.05, 3.63) is 48.3 Å². The van der Waals surface area contributed by atoms with Crippen molar-refractivity contribution in [2.45, 2.75) is 4.90 Å². The Morgan fingerprint density at radius 2 is 1.76 bits per heavy atom. The van der Waals surface area contributed by atoms with Gasteiger partial charge in [-0.1, -0.05) is 0 Å². The Morgan fingerprint density at radius 3 is 2.35 bits per heavy atom. The van der Waals surface area contributed by atoms with Gasteiger partial charge < -0.3 is 10.5 Å². The zero-order chi connectivity index (χ0) is 12.3. The maximum Gasteiger partial charge on any atom is 0.132 e. The summed E-state index contributed by atoms with van der Waals surface area (Å²) in [5, 5.41) is 0. The van der Waals surface area contributed by atoms with Crippen LogP contribution in [0, 0.1) is 5.82 Å². The van der Waals surface area contributed by atoms with Crippen molar-refractivity contribution in [3.8, 4) is 11.5 Å². The molecule has 0 saturated heterocycles. The maximum atomic E-state index is 13.1. The monoisotopic (exact) mass is 249 g/mol. The van der Waals surface area contributed by atoms with E-state index in [2.05, 4.69) is 0 Å². The minimum Gasteiger partial charge on any atom is -0.457 e. The Hall–Kier alpha value is -1.68. The highest BCUT2D eigenvalue weighted by Gasteiger charge is 2.01. The highest BCUT2D eigenvalue weighted by molar-refractivity contribution is 7.98. The van der Waals surface area contributed by atoms with E-state index in [1.54, 1.807) is 17.8 Å². The van der Waals surface area contributed by atoms with E-state index in [9.17, 15) is 4.39 Å². The van der Waals surface area contributed by atoms with Crippen molar-refractivity contribution in [1.82, 2.24) is 0 Å².